The maximum atomic E-state index is 12.4. The van der Waals surface area contributed by atoms with E-state index in [2.05, 4.69) is 15.2 Å². The molecular formula is C18H20N4O3. The molecule has 0 amide bonds. The molecule has 1 saturated heterocycles. The van der Waals surface area contributed by atoms with Gasteiger partial charge in [-0.05, 0) is 49.7 Å². The van der Waals surface area contributed by atoms with Gasteiger partial charge in [0.2, 0.25) is 0 Å². The third-order valence-corrected chi connectivity index (χ3v) is 4.69. The van der Waals surface area contributed by atoms with Crippen molar-refractivity contribution >= 4 is 17.0 Å². The minimum atomic E-state index is -0.312. The molecule has 0 saturated carbocycles. The maximum Gasteiger partial charge on any atom is 0.338 e. The highest BCUT2D eigenvalue weighted by Gasteiger charge is 2.26. The molecule has 1 aromatic carbocycles. The molecule has 4 rings (SSSR count). The molecule has 0 spiro atoms. The van der Waals surface area contributed by atoms with Crippen molar-refractivity contribution in [2.75, 3.05) is 13.2 Å². The van der Waals surface area contributed by atoms with Crippen molar-refractivity contribution in [2.24, 2.45) is 7.05 Å². The number of rotatable bonds is 5. The zero-order valence-electron chi connectivity index (χ0n) is 14.1. The molecule has 1 atom stereocenters. The highest BCUT2D eigenvalue weighted by atomic mass is 16.5. The number of carbonyl (C=O) groups is 1. The van der Waals surface area contributed by atoms with Crippen LogP contribution >= 0.6 is 0 Å². The number of esters is 1. The number of aromatic nitrogens is 3. The molecule has 2 aromatic heterocycles. The average Bonchev–Trinajstić information content (AvgIpc) is 3.36. The summed E-state index contributed by atoms with van der Waals surface area (Å²) in [6, 6.07) is 9.39. The van der Waals surface area contributed by atoms with E-state index in [4.69, 9.17) is 9.15 Å². The van der Waals surface area contributed by atoms with Crippen LogP contribution in [0.1, 0.15) is 29.0 Å². The predicted molar refractivity (Wildman–Crippen MR) is 90.9 cm³/mol. The molecule has 3 aromatic rings. The maximum absolute atomic E-state index is 12.4. The minimum Gasteiger partial charge on any atom is -0.468 e. The lowest BCUT2D eigenvalue weighted by Crippen LogP contribution is -2.33. The summed E-state index contributed by atoms with van der Waals surface area (Å²) in [6.07, 6.45) is 3.82. The third-order valence-electron chi connectivity index (χ3n) is 4.69. The van der Waals surface area contributed by atoms with E-state index >= 15 is 0 Å². The van der Waals surface area contributed by atoms with Crippen LogP contribution in [-0.2, 0) is 18.3 Å². The van der Waals surface area contributed by atoms with Gasteiger partial charge in [-0.15, -0.1) is 5.10 Å². The fourth-order valence-corrected chi connectivity index (χ4v) is 3.31. The number of hydrogen-bond donors (Lipinski definition) is 0. The Labute approximate surface area is 145 Å². The van der Waals surface area contributed by atoms with Crippen molar-refractivity contribution in [1.82, 2.24) is 19.9 Å². The smallest absolute Gasteiger partial charge is 0.338 e. The van der Waals surface area contributed by atoms with Crippen LogP contribution in [0.4, 0.5) is 0 Å². The standard InChI is InChI=1S/C18H20N4O3/c1-21-17-10-13(6-7-16(17)19-20-21)18(23)25-12-14-4-2-8-22(14)11-15-5-3-9-24-15/h3,5-7,9-10,14H,2,4,8,11-12H2,1H3/t14-/m1/s1. The molecule has 0 bridgehead atoms. The molecule has 0 aliphatic carbocycles. The van der Waals surface area contributed by atoms with Gasteiger partial charge in [0.05, 0.1) is 23.9 Å². The highest BCUT2D eigenvalue weighted by Crippen LogP contribution is 2.21. The van der Waals surface area contributed by atoms with Gasteiger partial charge in [0, 0.05) is 13.1 Å². The summed E-state index contributed by atoms with van der Waals surface area (Å²) in [4.78, 5) is 14.7. The number of carbonyl (C=O) groups excluding carboxylic acids is 1. The summed E-state index contributed by atoms with van der Waals surface area (Å²) in [7, 11) is 1.80. The summed E-state index contributed by atoms with van der Waals surface area (Å²) in [5.41, 5.74) is 2.10. The Morgan fingerprint density at radius 3 is 3.16 bits per heavy atom. The van der Waals surface area contributed by atoms with Crippen LogP contribution in [0.25, 0.3) is 11.0 Å². The number of furan rings is 1. The first-order valence-corrected chi connectivity index (χ1v) is 8.44. The van der Waals surface area contributed by atoms with Crippen LogP contribution in [0.15, 0.2) is 41.0 Å². The first-order valence-electron chi connectivity index (χ1n) is 8.44. The van der Waals surface area contributed by atoms with Gasteiger partial charge in [0.25, 0.3) is 0 Å². The summed E-state index contributed by atoms with van der Waals surface area (Å²) >= 11 is 0. The molecular weight excluding hydrogens is 320 g/mol. The topological polar surface area (TPSA) is 73.4 Å². The van der Waals surface area contributed by atoms with Gasteiger partial charge in [-0.1, -0.05) is 5.21 Å². The van der Waals surface area contributed by atoms with Gasteiger partial charge in [-0.25, -0.2) is 9.48 Å². The molecule has 1 aliphatic rings. The minimum absolute atomic E-state index is 0.233. The number of ether oxygens (including phenoxy) is 1. The summed E-state index contributed by atoms with van der Waals surface area (Å²) in [5.74, 6) is 0.625. The molecule has 130 valence electrons. The van der Waals surface area contributed by atoms with Gasteiger partial charge in [0.1, 0.15) is 17.9 Å². The lowest BCUT2D eigenvalue weighted by molar-refractivity contribution is 0.0386. The van der Waals surface area contributed by atoms with E-state index in [-0.39, 0.29) is 12.0 Å². The first-order chi connectivity index (χ1) is 12.2. The van der Waals surface area contributed by atoms with Gasteiger partial charge in [-0.3, -0.25) is 4.90 Å². The van der Waals surface area contributed by atoms with Gasteiger partial charge in [0.15, 0.2) is 0 Å². The second-order valence-electron chi connectivity index (χ2n) is 6.36. The Kier molecular flexibility index (Phi) is 4.23. The Balaban J connectivity index is 1.39. The molecule has 0 unspecified atom stereocenters. The van der Waals surface area contributed by atoms with Crippen LogP contribution in [0.5, 0.6) is 0 Å². The van der Waals surface area contributed by atoms with Crippen molar-refractivity contribution in [3.63, 3.8) is 0 Å². The summed E-state index contributed by atoms with van der Waals surface area (Å²) in [6.45, 7) is 2.14. The van der Waals surface area contributed by atoms with E-state index in [1.54, 1.807) is 36.2 Å². The fourth-order valence-electron chi connectivity index (χ4n) is 3.31. The summed E-state index contributed by atoms with van der Waals surface area (Å²) < 4.78 is 12.6. The number of fused-ring (bicyclic) bond motifs is 1. The van der Waals surface area contributed by atoms with E-state index in [9.17, 15) is 4.79 Å². The van der Waals surface area contributed by atoms with Crippen molar-refractivity contribution in [3.05, 3.63) is 47.9 Å². The fraction of sp³-hybridized carbons (Fsp3) is 0.389. The SMILES string of the molecule is Cn1nnc2ccc(C(=O)OC[C@H]3CCCN3Cc3ccco3)cc21. The lowest BCUT2D eigenvalue weighted by atomic mass is 10.2. The molecule has 25 heavy (non-hydrogen) atoms. The third kappa shape index (κ3) is 3.28. The van der Waals surface area contributed by atoms with Gasteiger partial charge < -0.3 is 9.15 Å². The van der Waals surface area contributed by atoms with Gasteiger partial charge >= 0.3 is 5.97 Å². The van der Waals surface area contributed by atoms with Crippen LogP contribution < -0.4 is 0 Å². The Morgan fingerprint density at radius 2 is 2.32 bits per heavy atom. The zero-order valence-corrected chi connectivity index (χ0v) is 14.1. The normalized spacial score (nSPS) is 18.0. The van der Waals surface area contributed by atoms with E-state index in [0.29, 0.717) is 12.2 Å². The first kappa shape index (κ1) is 15.8. The highest BCUT2D eigenvalue weighted by molar-refractivity contribution is 5.93. The zero-order chi connectivity index (χ0) is 17.2. The Hall–Kier alpha value is -2.67. The molecule has 1 fully saturated rings. The molecule has 1 aliphatic heterocycles. The van der Waals surface area contributed by atoms with Crippen molar-refractivity contribution in [1.29, 1.82) is 0 Å². The molecule has 0 N–H and O–H groups in total. The van der Waals surface area contributed by atoms with E-state index < -0.39 is 0 Å². The largest absolute Gasteiger partial charge is 0.468 e. The number of likely N-dealkylation sites (tertiary alicyclic amines) is 1. The Bertz CT molecular complexity index is 872. The van der Waals surface area contributed by atoms with Crippen LogP contribution in [0.2, 0.25) is 0 Å². The number of nitrogens with zero attached hydrogens (tertiary/aromatic N) is 4. The molecule has 3 heterocycles. The second kappa shape index (κ2) is 6.68. The number of hydrogen-bond acceptors (Lipinski definition) is 6. The predicted octanol–water partition coefficient (Wildman–Crippen LogP) is 2.38. The van der Waals surface area contributed by atoms with Crippen LogP contribution in [-0.4, -0.2) is 45.1 Å². The molecule has 0 radical (unpaired) electrons. The van der Waals surface area contributed by atoms with E-state index in [1.807, 2.05) is 12.1 Å². The van der Waals surface area contributed by atoms with E-state index in [1.165, 1.54) is 0 Å². The molecule has 7 heteroatoms. The summed E-state index contributed by atoms with van der Waals surface area (Å²) in [5, 5.41) is 7.97. The lowest BCUT2D eigenvalue weighted by Gasteiger charge is -2.23. The quantitative estimate of drug-likeness (QED) is 0.664. The van der Waals surface area contributed by atoms with E-state index in [0.717, 1.165) is 42.7 Å². The van der Waals surface area contributed by atoms with Crippen molar-refractivity contribution < 1.29 is 13.9 Å². The van der Waals surface area contributed by atoms with Crippen molar-refractivity contribution in [2.45, 2.75) is 25.4 Å². The Morgan fingerprint density at radius 1 is 1.40 bits per heavy atom. The van der Waals surface area contributed by atoms with Crippen molar-refractivity contribution in [3.8, 4) is 0 Å². The van der Waals surface area contributed by atoms with Crippen LogP contribution in [0.3, 0.4) is 0 Å². The number of aryl methyl sites for hydroxylation is 1. The van der Waals surface area contributed by atoms with Gasteiger partial charge in [-0.2, -0.15) is 0 Å². The average molecular weight is 340 g/mol. The second-order valence-corrected chi connectivity index (χ2v) is 6.36. The van der Waals surface area contributed by atoms with Crippen LogP contribution in [0, 0.1) is 0 Å². The number of benzene rings is 1. The monoisotopic (exact) mass is 340 g/mol. The molecule has 7 nitrogen and oxygen atoms in total.